The van der Waals surface area contributed by atoms with Crippen LogP contribution in [0.2, 0.25) is 0 Å². The van der Waals surface area contributed by atoms with Crippen molar-refractivity contribution >= 4 is 19.4 Å². The summed E-state index contributed by atoms with van der Waals surface area (Å²) in [5, 5.41) is 12.0. The van der Waals surface area contributed by atoms with E-state index < -0.39 is 25.9 Å². The van der Waals surface area contributed by atoms with Crippen LogP contribution in [-0.4, -0.2) is 34.4 Å². The van der Waals surface area contributed by atoms with Crippen molar-refractivity contribution in [3.63, 3.8) is 0 Å². The highest BCUT2D eigenvalue weighted by atomic mass is 31.2. The van der Waals surface area contributed by atoms with Crippen molar-refractivity contribution < 1.29 is 28.4 Å². The average molecular weight is 495 g/mol. The zero-order chi connectivity index (χ0) is 25.5. The van der Waals surface area contributed by atoms with Crippen LogP contribution in [0.5, 0.6) is 5.75 Å². The lowest BCUT2D eigenvalue weighted by Gasteiger charge is -2.23. The van der Waals surface area contributed by atoms with Gasteiger partial charge < -0.3 is 25.6 Å². The molecule has 0 bridgehead atoms. The van der Waals surface area contributed by atoms with Gasteiger partial charge in [0.25, 0.3) is 0 Å². The van der Waals surface area contributed by atoms with Gasteiger partial charge in [-0.15, -0.1) is 0 Å². The summed E-state index contributed by atoms with van der Waals surface area (Å²) in [4.78, 5) is 30.0. The molecule has 10 heteroatoms. The molecule has 0 aliphatic rings. The standard InChI is InChI=1S/C25H26N3O6P/c1-25(27,17-34-35(30,31)32)24(29)28-22-11-12-23(21(15-22)16-26)33-14-13-18-7-9-20(10-8-18)19-5-3-2-4-6-19/h2-12,15H,13-14,17,27H2,1H3,(H,28,29)(H2,30,31,32)/t25-/m0/s1. The van der Waals surface area contributed by atoms with E-state index >= 15 is 0 Å². The summed E-state index contributed by atoms with van der Waals surface area (Å²) in [5.74, 6) is -0.366. The van der Waals surface area contributed by atoms with E-state index in [0.29, 0.717) is 18.8 Å². The van der Waals surface area contributed by atoms with Crippen LogP contribution in [0.25, 0.3) is 11.1 Å². The zero-order valence-corrected chi connectivity index (χ0v) is 19.9. The van der Waals surface area contributed by atoms with Gasteiger partial charge >= 0.3 is 7.82 Å². The van der Waals surface area contributed by atoms with Crippen molar-refractivity contribution in [3.8, 4) is 22.9 Å². The van der Waals surface area contributed by atoms with Gasteiger partial charge in [-0.25, -0.2) is 4.57 Å². The molecule has 5 N–H and O–H groups in total. The fraction of sp³-hybridized carbons (Fsp3) is 0.200. The second-order valence-corrected chi connectivity index (χ2v) is 9.36. The number of benzene rings is 3. The Morgan fingerprint density at radius 1 is 1.09 bits per heavy atom. The highest BCUT2D eigenvalue weighted by molar-refractivity contribution is 7.46. The third-order valence-corrected chi connectivity index (χ3v) is 5.58. The molecule has 0 aliphatic carbocycles. The van der Waals surface area contributed by atoms with Crippen LogP contribution in [0.1, 0.15) is 18.1 Å². The SMILES string of the molecule is C[C@](N)(COP(=O)(O)O)C(=O)Nc1ccc(OCCc2ccc(-c3ccccc3)cc2)c(C#N)c1. The summed E-state index contributed by atoms with van der Waals surface area (Å²) in [6, 6.07) is 24.8. The number of ether oxygens (including phenoxy) is 1. The third-order valence-electron chi connectivity index (χ3n) is 5.12. The van der Waals surface area contributed by atoms with Crippen LogP contribution in [0.15, 0.2) is 72.8 Å². The number of nitrogens with zero attached hydrogens (tertiary/aromatic N) is 1. The summed E-state index contributed by atoms with van der Waals surface area (Å²) in [6.45, 7) is 0.931. The molecule has 0 aliphatic heterocycles. The van der Waals surface area contributed by atoms with Gasteiger partial charge in [0.05, 0.1) is 18.8 Å². The molecule has 1 atom stereocenters. The fourth-order valence-electron chi connectivity index (χ4n) is 3.15. The summed E-state index contributed by atoms with van der Waals surface area (Å²) in [7, 11) is -4.77. The first kappa shape index (κ1) is 26.1. The van der Waals surface area contributed by atoms with Gasteiger partial charge in [0.2, 0.25) is 5.91 Å². The monoisotopic (exact) mass is 495 g/mol. The van der Waals surface area contributed by atoms with E-state index in [0.717, 1.165) is 16.7 Å². The Hall–Kier alpha value is -3.51. The Bertz CT molecular complexity index is 1250. The van der Waals surface area contributed by atoms with E-state index in [2.05, 4.69) is 34.1 Å². The van der Waals surface area contributed by atoms with Gasteiger partial charge in [-0.2, -0.15) is 5.26 Å². The van der Waals surface area contributed by atoms with Crippen molar-refractivity contribution in [3.05, 3.63) is 83.9 Å². The lowest BCUT2D eigenvalue weighted by molar-refractivity contribution is -0.121. The molecule has 9 nitrogen and oxygen atoms in total. The second-order valence-electron chi connectivity index (χ2n) is 8.12. The Kier molecular flexibility index (Phi) is 8.41. The topological polar surface area (TPSA) is 155 Å². The third kappa shape index (κ3) is 7.76. The molecule has 3 rings (SSSR count). The lowest BCUT2D eigenvalue weighted by atomic mass is 10.0. The van der Waals surface area contributed by atoms with E-state index in [1.165, 1.54) is 13.0 Å². The summed E-state index contributed by atoms with van der Waals surface area (Å²) in [5.41, 5.74) is 7.96. The number of rotatable bonds is 10. The molecule has 0 radical (unpaired) electrons. The van der Waals surface area contributed by atoms with E-state index in [9.17, 15) is 14.6 Å². The lowest BCUT2D eigenvalue weighted by Crippen LogP contribution is -2.52. The highest BCUT2D eigenvalue weighted by Gasteiger charge is 2.32. The number of carbonyl (C=O) groups is 1. The number of carbonyl (C=O) groups excluding carboxylic acids is 1. The summed E-state index contributed by atoms with van der Waals surface area (Å²) < 4.78 is 21.0. The number of nitrogens with two attached hydrogens (primary N) is 1. The van der Waals surface area contributed by atoms with E-state index in [-0.39, 0.29) is 11.3 Å². The van der Waals surface area contributed by atoms with Crippen molar-refractivity contribution in [1.82, 2.24) is 0 Å². The van der Waals surface area contributed by atoms with Crippen molar-refractivity contribution in [2.75, 3.05) is 18.5 Å². The first-order valence-electron chi connectivity index (χ1n) is 10.7. The van der Waals surface area contributed by atoms with Crippen LogP contribution >= 0.6 is 7.82 Å². The molecular weight excluding hydrogens is 469 g/mol. The van der Waals surface area contributed by atoms with Crippen LogP contribution < -0.4 is 15.8 Å². The largest absolute Gasteiger partial charge is 0.492 e. The minimum absolute atomic E-state index is 0.215. The van der Waals surface area contributed by atoms with Gasteiger partial charge in [-0.1, -0.05) is 54.6 Å². The quantitative estimate of drug-likeness (QED) is 0.311. The number of phosphoric ester groups is 1. The molecule has 0 spiro atoms. The highest BCUT2D eigenvalue weighted by Crippen LogP contribution is 2.36. The average Bonchev–Trinajstić information content (AvgIpc) is 2.84. The predicted octanol–water partition coefficient (Wildman–Crippen LogP) is 3.61. The number of anilines is 1. The molecule has 0 fully saturated rings. The Morgan fingerprint density at radius 2 is 1.74 bits per heavy atom. The molecule has 3 aromatic carbocycles. The van der Waals surface area contributed by atoms with E-state index in [1.54, 1.807) is 12.1 Å². The Labute approximate surface area is 203 Å². The number of hydrogen-bond donors (Lipinski definition) is 4. The maximum absolute atomic E-state index is 12.4. The van der Waals surface area contributed by atoms with E-state index in [4.69, 9.17) is 20.3 Å². The van der Waals surface area contributed by atoms with Crippen LogP contribution in [-0.2, 0) is 20.3 Å². The molecule has 0 saturated carbocycles. The van der Waals surface area contributed by atoms with Gasteiger partial charge in [-0.3, -0.25) is 9.32 Å². The molecule has 182 valence electrons. The van der Waals surface area contributed by atoms with Gasteiger partial charge in [0, 0.05) is 12.1 Å². The van der Waals surface area contributed by atoms with Crippen molar-refractivity contribution in [2.45, 2.75) is 18.9 Å². The Balaban J connectivity index is 1.57. The van der Waals surface area contributed by atoms with E-state index in [1.807, 2.05) is 36.4 Å². The zero-order valence-electron chi connectivity index (χ0n) is 19.0. The minimum Gasteiger partial charge on any atom is -0.492 e. The van der Waals surface area contributed by atoms with Crippen LogP contribution in [0, 0.1) is 11.3 Å². The number of nitriles is 1. The molecule has 0 aromatic heterocycles. The molecular formula is C25H26N3O6P. The van der Waals surface area contributed by atoms with Crippen molar-refractivity contribution in [2.24, 2.45) is 5.73 Å². The molecule has 3 aromatic rings. The van der Waals surface area contributed by atoms with Gasteiger partial charge in [0.1, 0.15) is 17.4 Å². The number of nitrogens with one attached hydrogen (secondary N) is 1. The molecule has 0 saturated heterocycles. The maximum atomic E-state index is 12.4. The van der Waals surface area contributed by atoms with Crippen LogP contribution in [0.4, 0.5) is 5.69 Å². The predicted molar refractivity (Wildman–Crippen MR) is 131 cm³/mol. The van der Waals surface area contributed by atoms with Gasteiger partial charge in [-0.05, 0) is 41.8 Å². The smallest absolute Gasteiger partial charge is 0.469 e. The van der Waals surface area contributed by atoms with Crippen molar-refractivity contribution in [1.29, 1.82) is 5.26 Å². The minimum atomic E-state index is -4.77. The Morgan fingerprint density at radius 3 is 2.37 bits per heavy atom. The van der Waals surface area contributed by atoms with Crippen LogP contribution in [0.3, 0.4) is 0 Å². The van der Waals surface area contributed by atoms with Gasteiger partial charge in [0.15, 0.2) is 0 Å². The number of phosphoric acid groups is 1. The summed E-state index contributed by atoms with van der Waals surface area (Å²) in [6.07, 6.45) is 0.642. The molecule has 35 heavy (non-hydrogen) atoms. The summed E-state index contributed by atoms with van der Waals surface area (Å²) >= 11 is 0. The molecule has 1 amide bonds. The molecule has 0 unspecified atom stereocenters. The first-order chi connectivity index (χ1) is 16.6. The second kappa shape index (κ2) is 11.3. The fourth-order valence-corrected chi connectivity index (χ4v) is 3.59. The number of hydrogen-bond acceptors (Lipinski definition) is 6. The first-order valence-corrected chi connectivity index (χ1v) is 12.2. The number of amides is 1. The maximum Gasteiger partial charge on any atom is 0.469 e. The normalized spacial score (nSPS) is 12.9. The molecule has 0 heterocycles.